The molecule has 0 aliphatic heterocycles. The van der Waals surface area contributed by atoms with Crippen molar-refractivity contribution in [1.82, 2.24) is 5.32 Å². The van der Waals surface area contributed by atoms with Gasteiger partial charge in [-0.05, 0) is 37.1 Å². The largest absolute Gasteiger partial charge is 0.497 e. The van der Waals surface area contributed by atoms with E-state index in [9.17, 15) is 9.59 Å². The topological polar surface area (TPSA) is 84.9 Å². The lowest BCUT2D eigenvalue weighted by Crippen LogP contribution is -2.40. The summed E-state index contributed by atoms with van der Waals surface area (Å²) >= 11 is 0. The van der Waals surface area contributed by atoms with E-state index in [1.165, 1.54) is 0 Å². The molecule has 0 saturated carbocycles. The van der Waals surface area contributed by atoms with E-state index >= 15 is 0 Å². The van der Waals surface area contributed by atoms with Gasteiger partial charge in [0.25, 0.3) is 0 Å². The van der Waals surface area contributed by atoms with E-state index in [4.69, 9.17) is 14.6 Å². The van der Waals surface area contributed by atoms with Crippen LogP contribution in [0.15, 0.2) is 24.3 Å². The summed E-state index contributed by atoms with van der Waals surface area (Å²) in [7, 11) is 1.59. The molecule has 0 radical (unpaired) electrons. The first-order chi connectivity index (χ1) is 10.6. The van der Waals surface area contributed by atoms with Crippen molar-refractivity contribution in [3.05, 3.63) is 24.3 Å². The molecule has 0 aromatic heterocycles. The van der Waals surface area contributed by atoms with E-state index in [2.05, 4.69) is 5.32 Å². The lowest BCUT2D eigenvalue weighted by atomic mass is 10.1. The van der Waals surface area contributed by atoms with Crippen LogP contribution in [0.1, 0.15) is 32.6 Å². The Labute approximate surface area is 130 Å². The zero-order valence-corrected chi connectivity index (χ0v) is 13.0. The third kappa shape index (κ3) is 6.47. The Morgan fingerprint density at radius 2 is 1.86 bits per heavy atom. The van der Waals surface area contributed by atoms with E-state index in [1.54, 1.807) is 31.4 Å². The molecule has 0 aliphatic rings. The first-order valence-corrected chi connectivity index (χ1v) is 7.35. The number of methoxy groups -OCH3 is 1. The number of nitrogens with one attached hydrogen (secondary N) is 1. The third-order valence-corrected chi connectivity index (χ3v) is 3.09. The number of rotatable bonds is 10. The van der Waals surface area contributed by atoms with Gasteiger partial charge in [-0.2, -0.15) is 0 Å². The second kappa shape index (κ2) is 9.65. The molecular weight excluding hydrogens is 286 g/mol. The minimum atomic E-state index is -0.996. The van der Waals surface area contributed by atoms with Gasteiger partial charge in [0.15, 0.2) is 0 Å². The van der Waals surface area contributed by atoms with Crippen molar-refractivity contribution in [3.8, 4) is 11.5 Å². The van der Waals surface area contributed by atoms with Crippen LogP contribution in [0.3, 0.4) is 0 Å². The number of aliphatic carboxylic acids is 1. The first-order valence-electron chi connectivity index (χ1n) is 7.35. The lowest BCUT2D eigenvalue weighted by Gasteiger charge is -2.13. The molecule has 1 aromatic carbocycles. The SMILES string of the molecule is CCCC(NC(=O)CCCOc1ccc(OC)cc1)C(=O)O. The van der Waals surface area contributed by atoms with Gasteiger partial charge in [-0.25, -0.2) is 4.79 Å². The molecule has 122 valence electrons. The minimum absolute atomic E-state index is 0.240. The molecule has 0 saturated heterocycles. The fourth-order valence-electron chi connectivity index (χ4n) is 1.91. The highest BCUT2D eigenvalue weighted by molar-refractivity contribution is 5.83. The smallest absolute Gasteiger partial charge is 0.326 e. The van der Waals surface area contributed by atoms with Gasteiger partial charge in [0, 0.05) is 6.42 Å². The molecule has 1 rings (SSSR count). The van der Waals surface area contributed by atoms with Crippen LogP contribution in [0.25, 0.3) is 0 Å². The number of hydrogen-bond donors (Lipinski definition) is 2. The fraction of sp³-hybridized carbons (Fsp3) is 0.500. The van der Waals surface area contributed by atoms with Crippen LogP contribution in [0.2, 0.25) is 0 Å². The summed E-state index contributed by atoms with van der Waals surface area (Å²) in [6.45, 7) is 2.27. The van der Waals surface area contributed by atoms with Crippen LogP contribution in [-0.2, 0) is 9.59 Å². The molecule has 1 aromatic rings. The Morgan fingerprint density at radius 1 is 1.23 bits per heavy atom. The number of carbonyl (C=O) groups excluding carboxylic acids is 1. The zero-order valence-electron chi connectivity index (χ0n) is 13.0. The van der Waals surface area contributed by atoms with E-state index in [-0.39, 0.29) is 12.3 Å². The van der Waals surface area contributed by atoms with Crippen LogP contribution < -0.4 is 14.8 Å². The van der Waals surface area contributed by atoms with E-state index in [0.717, 1.165) is 5.75 Å². The molecule has 0 bridgehead atoms. The minimum Gasteiger partial charge on any atom is -0.497 e. The maximum absolute atomic E-state index is 11.7. The number of carboxylic acids is 1. The van der Waals surface area contributed by atoms with Gasteiger partial charge in [-0.1, -0.05) is 13.3 Å². The quantitative estimate of drug-likeness (QED) is 0.647. The number of carboxylic acid groups (broad SMARTS) is 1. The van der Waals surface area contributed by atoms with E-state index in [0.29, 0.717) is 31.6 Å². The summed E-state index contributed by atoms with van der Waals surface area (Å²) < 4.78 is 10.5. The highest BCUT2D eigenvalue weighted by Gasteiger charge is 2.18. The van der Waals surface area contributed by atoms with Crippen LogP contribution in [0, 0.1) is 0 Å². The number of amides is 1. The molecule has 1 atom stereocenters. The van der Waals surface area contributed by atoms with Gasteiger partial charge in [0.05, 0.1) is 13.7 Å². The lowest BCUT2D eigenvalue weighted by molar-refractivity contribution is -0.142. The monoisotopic (exact) mass is 309 g/mol. The number of benzene rings is 1. The van der Waals surface area contributed by atoms with E-state index in [1.807, 2.05) is 6.92 Å². The fourth-order valence-corrected chi connectivity index (χ4v) is 1.91. The summed E-state index contributed by atoms with van der Waals surface area (Å²) in [5, 5.41) is 11.5. The van der Waals surface area contributed by atoms with Gasteiger partial charge in [-0.3, -0.25) is 4.79 Å². The molecule has 1 unspecified atom stereocenters. The molecule has 6 nitrogen and oxygen atoms in total. The van der Waals surface area contributed by atoms with Gasteiger partial charge >= 0.3 is 5.97 Å². The summed E-state index contributed by atoms with van der Waals surface area (Å²) in [6.07, 6.45) is 1.90. The number of ether oxygens (including phenoxy) is 2. The molecule has 6 heteroatoms. The molecule has 0 fully saturated rings. The average Bonchev–Trinajstić information content (AvgIpc) is 2.51. The van der Waals surface area contributed by atoms with Crippen LogP contribution >= 0.6 is 0 Å². The predicted octanol–water partition coefficient (Wildman–Crippen LogP) is 2.22. The van der Waals surface area contributed by atoms with Crippen molar-refractivity contribution >= 4 is 11.9 Å². The number of hydrogen-bond acceptors (Lipinski definition) is 4. The maximum atomic E-state index is 11.7. The van der Waals surface area contributed by atoms with Crippen LogP contribution in [0.5, 0.6) is 11.5 Å². The van der Waals surface area contributed by atoms with Crippen molar-refractivity contribution in [2.24, 2.45) is 0 Å². The summed E-state index contributed by atoms with van der Waals surface area (Å²) in [5.41, 5.74) is 0. The van der Waals surface area contributed by atoms with Gasteiger partial charge < -0.3 is 19.9 Å². The zero-order chi connectivity index (χ0) is 16.4. The molecule has 0 heterocycles. The Kier molecular flexibility index (Phi) is 7.81. The van der Waals surface area contributed by atoms with Crippen molar-refractivity contribution in [2.45, 2.75) is 38.6 Å². The highest BCUT2D eigenvalue weighted by Crippen LogP contribution is 2.17. The Morgan fingerprint density at radius 3 is 2.41 bits per heavy atom. The van der Waals surface area contributed by atoms with E-state index < -0.39 is 12.0 Å². The standard InChI is InChI=1S/C16H23NO5/c1-3-5-14(16(19)20)17-15(18)6-4-11-22-13-9-7-12(21-2)8-10-13/h7-10,14H,3-6,11H2,1-2H3,(H,17,18)(H,19,20). The Bertz CT molecular complexity index is 472. The molecular formula is C16H23NO5. The normalized spacial score (nSPS) is 11.5. The van der Waals surface area contributed by atoms with Gasteiger partial charge in [0.2, 0.25) is 5.91 Å². The van der Waals surface area contributed by atoms with Crippen LogP contribution in [0.4, 0.5) is 0 Å². The molecule has 1 amide bonds. The highest BCUT2D eigenvalue weighted by atomic mass is 16.5. The number of carbonyl (C=O) groups is 2. The van der Waals surface area contributed by atoms with Crippen LogP contribution in [-0.4, -0.2) is 36.7 Å². The van der Waals surface area contributed by atoms with Crippen molar-refractivity contribution in [2.75, 3.05) is 13.7 Å². The summed E-state index contributed by atoms with van der Waals surface area (Å²) in [6, 6.07) is 6.37. The summed E-state index contributed by atoms with van der Waals surface area (Å²) in [4.78, 5) is 22.6. The molecule has 0 spiro atoms. The molecule has 0 aliphatic carbocycles. The van der Waals surface area contributed by atoms with Crippen molar-refractivity contribution in [1.29, 1.82) is 0 Å². The molecule has 22 heavy (non-hydrogen) atoms. The third-order valence-electron chi connectivity index (χ3n) is 3.09. The van der Waals surface area contributed by atoms with Gasteiger partial charge in [-0.15, -0.1) is 0 Å². The Hall–Kier alpha value is -2.24. The maximum Gasteiger partial charge on any atom is 0.326 e. The van der Waals surface area contributed by atoms with Crippen molar-refractivity contribution in [3.63, 3.8) is 0 Å². The Balaban J connectivity index is 2.25. The van der Waals surface area contributed by atoms with Gasteiger partial charge in [0.1, 0.15) is 17.5 Å². The summed E-state index contributed by atoms with van der Waals surface area (Å²) in [5.74, 6) is 0.196. The second-order valence-corrected chi connectivity index (χ2v) is 4.87. The molecule has 2 N–H and O–H groups in total. The predicted molar refractivity (Wildman–Crippen MR) is 82.2 cm³/mol. The first kappa shape index (κ1) is 17.8. The van der Waals surface area contributed by atoms with Crippen molar-refractivity contribution < 1.29 is 24.2 Å². The second-order valence-electron chi connectivity index (χ2n) is 4.87. The average molecular weight is 309 g/mol.